The normalized spacial score (nSPS) is 17.8. The van der Waals surface area contributed by atoms with E-state index in [0.29, 0.717) is 5.11 Å². The summed E-state index contributed by atoms with van der Waals surface area (Å²) < 4.78 is 7.61. The molecule has 33 heavy (non-hydrogen) atoms. The molecule has 1 N–H and O–H groups in total. The van der Waals surface area contributed by atoms with Gasteiger partial charge in [-0.25, -0.2) is 0 Å². The molecular weight excluding hydrogens is 428 g/mol. The van der Waals surface area contributed by atoms with Gasteiger partial charge in [0.25, 0.3) is 0 Å². The number of rotatable bonds is 5. The van der Waals surface area contributed by atoms with Crippen molar-refractivity contribution in [1.82, 2.24) is 14.9 Å². The number of nitrogens with one attached hydrogen (secondary N) is 1. The molecule has 1 saturated heterocycles. The zero-order chi connectivity index (χ0) is 22.9. The molecule has 3 heterocycles. The van der Waals surface area contributed by atoms with Crippen LogP contribution in [-0.4, -0.2) is 21.8 Å². The van der Waals surface area contributed by atoms with Gasteiger partial charge in [-0.2, -0.15) is 0 Å². The van der Waals surface area contributed by atoms with Gasteiger partial charge in [-0.1, -0.05) is 12.1 Å². The SMILES string of the molecule is COc1ccc(N2C(=S)N[C@H](c3ccccn3)[C@@H]2c2cccn2-c2ccc(C)c(C)c2)cc1. The smallest absolute Gasteiger partial charge is 0.174 e. The third-order valence-electron chi connectivity index (χ3n) is 6.30. The number of aromatic nitrogens is 2. The number of pyridine rings is 1. The molecule has 1 aliphatic heterocycles. The molecule has 5 nitrogen and oxygen atoms in total. The van der Waals surface area contributed by atoms with E-state index in [4.69, 9.17) is 17.0 Å². The Balaban J connectivity index is 1.65. The predicted molar refractivity (Wildman–Crippen MR) is 136 cm³/mol. The highest BCUT2D eigenvalue weighted by molar-refractivity contribution is 7.80. The maximum Gasteiger partial charge on any atom is 0.174 e. The largest absolute Gasteiger partial charge is 0.497 e. The molecule has 6 heteroatoms. The number of thiocarbonyl (C=S) groups is 1. The first-order chi connectivity index (χ1) is 16.1. The van der Waals surface area contributed by atoms with Crippen LogP contribution in [0.3, 0.4) is 0 Å². The molecule has 1 fully saturated rings. The second kappa shape index (κ2) is 8.71. The highest BCUT2D eigenvalue weighted by Crippen LogP contribution is 2.42. The standard InChI is InChI=1S/C27H26N4OS/c1-18-9-10-21(17-19(18)2)30-16-6-8-24(30)26-25(23-7-4-5-15-28-23)29-27(33)31(26)20-11-13-22(32-3)14-12-20/h4-17,25-26H,1-3H3,(H,29,33)/t25-,26+/m1/s1. The Morgan fingerprint density at radius 3 is 2.39 bits per heavy atom. The van der Waals surface area contributed by atoms with E-state index in [-0.39, 0.29) is 12.1 Å². The van der Waals surface area contributed by atoms with Crippen molar-refractivity contribution < 1.29 is 4.74 Å². The van der Waals surface area contributed by atoms with Gasteiger partial charge in [-0.15, -0.1) is 0 Å². The quantitative estimate of drug-likeness (QED) is 0.393. The van der Waals surface area contributed by atoms with Crippen LogP contribution in [0.5, 0.6) is 5.75 Å². The van der Waals surface area contributed by atoms with E-state index in [1.165, 1.54) is 11.1 Å². The van der Waals surface area contributed by atoms with Gasteiger partial charge < -0.3 is 19.5 Å². The van der Waals surface area contributed by atoms with Gasteiger partial charge in [0, 0.05) is 29.5 Å². The average Bonchev–Trinajstić information content (AvgIpc) is 3.46. The molecule has 2 aromatic heterocycles. The topological polar surface area (TPSA) is 42.3 Å². The summed E-state index contributed by atoms with van der Waals surface area (Å²) in [6.07, 6.45) is 3.94. The van der Waals surface area contributed by atoms with Crippen molar-refractivity contribution >= 4 is 23.0 Å². The first kappa shape index (κ1) is 21.2. The first-order valence-corrected chi connectivity index (χ1v) is 11.4. The molecule has 0 unspecified atom stereocenters. The van der Waals surface area contributed by atoms with Crippen LogP contribution in [0, 0.1) is 13.8 Å². The zero-order valence-corrected chi connectivity index (χ0v) is 19.7. The van der Waals surface area contributed by atoms with Crippen molar-refractivity contribution in [2.24, 2.45) is 0 Å². The molecule has 1 aliphatic rings. The number of hydrogen-bond acceptors (Lipinski definition) is 3. The highest BCUT2D eigenvalue weighted by atomic mass is 32.1. The van der Waals surface area contributed by atoms with Crippen molar-refractivity contribution in [3.8, 4) is 11.4 Å². The summed E-state index contributed by atoms with van der Waals surface area (Å²) in [4.78, 5) is 6.84. The first-order valence-electron chi connectivity index (χ1n) is 11.0. The monoisotopic (exact) mass is 454 g/mol. The average molecular weight is 455 g/mol. The molecule has 0 radical (unpaired) electrons. The molecule has 0 spiro atoms. The molecule has 0 amide bonds. The van der Waals surface area contributed by atoms with Crippen LogP contribution < -0.4 is 15.0 Å². The molecule has 0 aliphatic carbocycles. The molecule has 2 atom stereocenters. The fourth-order valence-corrected chi connectivity index (χ4v) is 4.77. The summed E-state index contributed by atoms with van der Waals surface area (Å²) in [5.41, 5.74) is 6.77. The van der Waals surface area contributed by atoms with Crippen molar-refractivity contribution in [3.05, 3.63) is 108 Å². The van der Waals surface area contributed by atoms with Crippen LogP contribution in [0.25, 0.3) is 5.69 Å². The Labute approximate surface area is 199 Å². The third kappa shape index (κ3) is 3.87. The number of ether oxygens (including phenoxy) is 1. The van der Waals surface area contributed by atoms with Gasteiger partial charge in [0.15, 0.2) is 5.11 Å². The second-order valence-electron chi connectivity index (χ2n) is 8.27. The van der Waals surface area contributed by atoms with Gasteiger partial charge in [-0.3, -0.25) is 4.98 Å². The van der Waals surface area contributed by atoms with Crippen LogP contribution in [-0.2, 0) is 0 Å². The second-order valence-corrected chi connectivity index (χ2v) is 8.65. The van der Waals surface area contributed by atoms with Crippen LogP contribution in [0.4, 0.5) is 5.69 Å². The minimum absolute atomic E-state index is 0.0857. The Hall–Kier alpha value is -3.64. The van der Waals surface area contributed by atoms with E-state index < -0.39 is 0 Å². The molecule has 166 valence electrons. The fraction of sp³-hybridized carbons (Fsp3) is 0.185. The van der Waals surface area contributed by atoms with Crippen LogP contribution >= 0.6 is 12.2 Å². The van der Waals surface area contributed by atoms with Gasteiger partial charge in [0.1, 0.15) is 11.8 Å². The number of benzene rings is 2. The van der Waals surface area contributed by atoms with E-state index in [9.17, 15) is 0 Å². The van der Waals surface area contributed by atoms with E-state index >= 15 is 0 Å². The molecule has 0 bridgehead atoms. The van der Waals surface area contributed by atoms with E-state index in [2.05, 4.69) is 70.1 Å². The van der Waals surface area contributed by atoms with E-state index in [1.807, 2.05) is 48.7 Å². The van der Waals surface area contributed by atoms with Crippen molar-refractivity contribution in [2.45, 2.75) is 25.9 Å². The summed E-state index contributed by atoms with van der Waals surface area (Å²) in [5.74, 6) is 0.813. The van der Waals surface area contributed by atoms with E-state index in [0.717, 1.165) is 28.5 Å². The summed E-state index contributed by atoms with van der Waals surface area (Å²) in [6, 6.07) is 24.7. The maximum absolute atomic E-state index is 5.86. The molecule has 4 aromatic rings. The van der Waals surface area contributed by atoms with Crippen molar-refractivity contribution in [2.75, 3.05) is 12.0 Å². The number of nitrogens with zero attached hydrogens (tertiary/aromatic N) is 3. The molecular formula is C27H26N4OS. The lowest BCUT2D eigenvalue weighted by Crippen LogP contribution is -2.30. The van der Waals surface area contributed by atoms with Crippen LogP contribution in [0.2, 0.25) is 0 Å². The highest BCUT2D eigenvalue weighted by Gasteiger charge is 2.42. The van der Waals surface area contributed by atoms with E-state index in [1.54, 1.807) is 7.11 Å². The van der Waals surface area contributed by atoms with Crippen LogP contribution in [0.1, 0.15) is 34.6 Å². The lowest BCUT2D eigenvalue weighted by molar-refractivity contribution is 0.415. The molecule has 2 aromatic carbocycles. The number of anilines is 1. The van der Waals surface area contributed by atoms with Crippen LogP contribution in [0.15, 0.2) is 85.2 Å². The minimum atomic E-state index is -0.0963. The molecule has 5 rings (SSSR count). The van der Waals surface area contributed by atoms with Gasteiger partial charge in [0.2, 0.25) is 0 Å². The lowest BCUT2D eigenvalue weighted by atomic mass is 10.0. The zero-order valence-electron chi connectivity index (χ0n) is 18.9. The summed E-state index contributed by atoms with van der Waals surface area (Å²) in [6.45, 7) is 4.28. The Bertz CT molecular complexity index is 1280. The summed E-state index contributed by atoms with van der Waals surface area (Å²) >= 11 is 5.86. The van der Waals surface area contributed by atoms with Gasteiger partial charge >= 0.3 is 0 Å². The maximum atomic E-state index is 5.86. The summed E-state index contributed by atoms with van der Waals surface area (Å²) in [5, 5.41) is 4.21. The van der Waals surface area contributed by atoms with Gasteiger partial charge in [-0.05, 0) is 97.9 Å². The molecule has 0 saturated carbocycles. The number of aryl methyl sites for hydroxylation is 2. The van der Waals surface area contributed by atoms with Gasteiger partial charge in [0.05, 0.1) is 18.8 Å². The number of methoxy groups -OCH3 is 1. The lowest BCUT2D eigenvalue weighted by Gasteiger charge is -2.29. The Morgan fingerprint density at radius 1 is 0.909 bits per heavy atom. The minimum Gasteiger partial charge on any atom is -0.497 e. The predicted octanol–water partition coefficient (Wildman–Crippen LogP) is 5.67. The van der Waals surface area contributed by atoms with Crippen molar-refractivity contribution in [1.29, 1.82) is 0 Å². The Kier molecular flexibility index (Phi) is 5.60. The third-order valence-corrected chi connectivity index (χ3v) is 6.62. The fourth-order valence-electron chi connectivity index (χ4n) is 4.42. The van der Waals surface area contributed by atoms with Crippen molar-refractivity contribution in [3.63, 3.8) is 0 Å². The summed E-state index contributed by atoms with van der Waals surface area (Å²) in [7, 11) is 1.67. The Morgan fingerprint density at radius 2 is 1.70 bits per heavy atom. The number of hydrogen-bond donors (Lipinski definition) is 1.